The maximum absolute atomic E-state index is 13.5. The molecule has 0 saturated carbocycles. The lowest BCUT2D eigenvalue weighted by molar-refractivity contribution is 0.596. The van der Waals surface area contributed by atoms with Gasteiger partial charge in [-0.15, -0.1) is 0 Å². The Morgan fingerprint density at radius 1 is 0.500 bits per heavy atom. The Hall–Kier alpha value is -6.62. The molecule has 0 N–H and O–H groups in total. The summed E-state index contributed by atoms with van der Waals surface area (Å²) < 4.78 is 37.9. The minimum absolute atomic E-state index is 0.150. The van der Waals surface area contributed by atoms with E-state index in [1.54, 1.807) is 12.1 Å². The molecule has 236 valence electrons. The monoisotopic (exact) mass is 663 g/mol. The van der Waals surface area contributed by atoms with E-state index >= 15 is 0 Å². The third kappa shape index (κ3) is 3.97. The molecule has 0 saturated heterocycles. The highest BCUT2D eigenvalue weighted by molar-refractivity contribution is 7.91. The number of para-hydroxylation sites is 3. The van der Waals surface area contributed by atoms with Crippen molar-refractivity contribution < 1.29 is 12.8 Å². The summed E-state index contributed by atoms with van der Waals surface area (Å²) in [5, 5.41) is 15.7. The molecule has 0 fully saturated rings. The molecule has 0 amide bonds. The average Bonchev–Trinajstić information content (AvgIpc) is 3.81. The van der Waals surface area contributed by atoms with E-state index in [0.29, 0.717) is 5.56 Å². The SMILES string of the molecule is N#Cc1ccc(S(=O)(=O)c2ccc(-n3c4ccccc4c4c3ccc3c5cc6oc7ccccc7c6cc5n(-c5ccccc5)c34)cc2)cc1. The van der Waals surface area contributed by atoms with Crippen molar-refractivity contribution in [2.75, 3.05) is 0 Å². The van der Waals surface area contributed by atoms with Crippen LogP contribution in [-0.2, 0) is 9.84 Å². The zero-order chi connectivity index (χ0) is 33.6. The van der Waals surface area contributed by atoms with Crippen molar-refractivity contribution in [3.05, 3.63) is 157 Å². The molecule has 7 heteroatoms. The molecule has 50 heavy (non-hydrogen) atoms. The van der Waals surface area contributed by atoms with Crippen LogP contribution >= 0.6 is 0 Å². The van der Waals surface area contributed by atoms with Crippen LogP contribution < -0.4 is 0 Å². The summed E-state index contributed by atoms with van der Waals surface area (Å²) in [6.07, 6.45) is 0. The number of hydrogen-bond acceptors (Lipinski definition) is 4. The van der Waals surface area contributed by atoms with Crippen LogP contribution in [0.5, 0.6) is 0 Å². The van der Waals surface area contributed by atoms with Gasteiger partial charge < -0.3 is 13.6 Å². The van der Waals surface area contributed by atoms with Crippen molar-refractivity contribution in [3.63, 3.8) is 0 Å². The highest BCUT2D eigenvalue weighted by Gasteiger charge is 2.23. The predicted molar refractivity (Wildman–Crippen MR) is 199 cm³/mol. The van der Waals surface area contributed by atoms with Gasteiger partial charge in [-0.1, -0.05) is 60.7 Å². The lowest BCUT2D eigenvalue weighted by atomic mass is 10.1. The Morgan fingerprint density at radius 3 is 1.92 bits per heavy atom. The highest BCUT2D eigenvalue weighted by atomic mass is 32.2. The topological polar surface area (TPSA) is 80.9 Å². The number of fused-ring (bicyclic) bond motifs is 10. The number of hydrogen-bond donors (Lipinski definition) is 0. The van der Waals surface area contributed by atoms with Crippen LogP contribution in [0.1, 0.15) is 5.56 Å². The van der Waals surface area contributed by atoms with Gasteiger partial charge in [-0.25, -0.2) is 8.42 Å². The zero-order valence-electron chi connectivity index (χ0n) is 26.4. The van der Waals surface area contributed by atoms with E-state index in [4.69, 9.17) is 9.68 Å². The first-order chi connectivity index (χ1) is 24.5. The fourth-order valence-corrected chi connectivity index (χ4v) is 8.78. The van der Waals surface area contributed by atoms with Crippen molar-refractivity contribution in [2.24, 2.45) is 0 Å². The second-order valence-electron chi connectivity index (χ2n) is 12.5. The van der Waals surface area contributed by atoms with E-state index in [1.807, 2.05) is 48.5 Å². The van der Waals surface area contributed by atoms with E-state index in [1.165, 1.54) is 24.3 Å². The molecule has 0 aliphatic rings. The number of aromatic nitrogens is 2. The summed E-state index contributed by atoms with van der Waals surface area (Å²) in [7, 11) is -3.77. The molecule has 0 aliphatic carbocycles. The first kappa shape index (κ1) is 28.4. The lowest BCUT2D eigenvalue weighted by Crippen LogP contribution is -2.03. The fourth-order valence-electron chi connectivity index (χ4n) is 7.52. The molecular weight excluding hydrogens is 639 g/mol. The number of nitrogens with zero attached hydrogens (tertiary/aromatic N) is 3. The number of benzene rings is 7. The van der Waals surface area contributed by atoms with Crippen LogP contribution in [0.4, 0.5) is 0 Å². The van der Waals surface area contributed by atoms with Crippen molar-refractivity contribution >= 4 is 75.4 Å². The van der Waals surface area contributed by atoms with Crippen molar-refractivity contribution in [1.29, 1.82) is 5.26 Å². The van der Waals surface area contributed by atoms with Crippen molar-refractivity contribution in [1.82, 2.24) is 9.13 Å². The van der Waals surface area contributed by atoms with Crippen LogP contribution in [0.3, 0.4) is 0 Å². The Labute approximate surface area is 286 Å². The van der Waals surface area contributed by atoms with Gasteiger partial charge in [0.15, 0.2) is 0 Å². The Kier molecular flexibility index (Phi) is 5.93. The second-order valence-corrected chi connectivity index (χ2v) is 14.4. The average molecular weight is 664 g/mol. The molecule has 3 heterocycles. The summed E-state index contributed by atoms with van der Waals surface area (Å²) >= 11 is 0. The first-order valence-electron chi connectivity index (χ1n) is 16.2. The number of nitriles is 1. The van der Waals surface area contributed by atoms with E-state index in [0.717, 1.165) is 76.9 Å². The van der Waals surface area contributed by atoms with Gasteiger partial charge in [-0.3, -0.25) is 0 Å². The minimum atomic E-state index is -3.77. The fraction of sp³-hybridized carbons (Fsp3) is 0. The van der Waals surface area contributed by atoms with Gasteiger partial charge in [-0.2, -0.15) is 5.26 Å². The van der Waals surface area contributed by atoms with Gasteiger partial charge in [0.1, 0.15) is 11.2 Å². The van der Waals surface area contributed by atoms with Crippen LogP contribution in [-0.4, -0.2) is 17.6 Å². The lowest BCUT2D eigenvalue weighted by Gasteiger charge is -2.11. The molecule has 0 bridgehead atoms. The van der Waals surface area contributed by atoms with Gasteiger partial charge in [0.25, 0.3) is 0 Å². The molecule has 0 spiro atoms. The minimum Gasteiger partial charge on any atom is -0.456 e. The van der Waals surface area contributed by atoms with E-state index in [9.17, 15) is 8.42 Å². The maximum atomic E-state index is 13.5. The zero-order valence-corrected chi connectivity index (χ0v) is 27.2. The first-order valence-corrected chi connectivity index (χ1v) is 17.7. The van der Waals surface area contributed by atoms with Gasteiger partial charge in [0, 0.05) is 43.7 Å². The number of rotatable bonds is 4. The summed E-state index contributed by atoms with van der Waals surface area (Å²) in [6, 6.07) is 50.8. The Morgan fingerprint density at radius 2 is 1.16 bits per heavy atom. The summed E-state index contributed by atoms with van der Waals surface area (Å²) in [5.41, 5.74) is 8.24. The van der Waals surface area contributed by atoms with Crippen LogP contribution in [0.15, 0.2) is 166 Å². The molecular formula is C43H25N3O3S. The molecule has 7 aromatic carbocycles. The quantitative estimate of drug-likeness (QED) is 0.188. The smallest absolute Gasteiger partial charge is 0.206 e. The predicted octanol–water partition coefficient (Wildman–Crippen LogP) is 10.5. The largest absolute Gasteiger partial charge is 0.456 e. The summed E-state index contributed by atoms with van der Waals surface area (Å²) in [4.78, 5) is 0.340. The molecule has 0 unspecified atom stereocenters. The molecule has 0 aliphatic heterocycles. The molecule has 3 aromatic heterocycles. The molecule has 0 radical (unpaired) electrons. The van der Waals surface area contributed by atoms with Crippen LogP contribution in [0, 0.1) is 11.3 Å². The van der Waals surface area contributed by atoms with Crippen molar-refractivity contribution in [3.8, 4) is 17.4 Å². The van der Waals surface area contributed by atoms with E-state index in [2.05, 4.69) is 81.9 Å². The highest BCUT2D eigenvalue weighted by Crippen LogP contribution is 2.44. The third-order valence-electron chi connectivity index (χ3n) is 9.77. The Balaban J connectivity index is 1.25. The van der Waals surface area contributed by atoms with E-state index < -0.39 is 9.84 Å². The third-order valence-corrected chi connectivity index (χ3v) is 11.6. The van der Waals surface area contributed by atoms with Gasteiger partial charge in [0.2, 0.25) is 9.84 Å². The summed E-state index contributed by atoms with van der Waals surface area (Å²) in [5.74, 6) is 0. The standard InChI is InChI=1S/C43H25N3O3S/c44-26-27-14-18-30(19-15-27)50(47,48)31-20-16-29(17-21-31)45-37-12-6-4-11-34(37)42-38(45)23-22-33-35-25-41-36(32-10-5-7-13-40(32)49-41)24-39(35)46(43(33)42)28-8-2-1-3-9-28/h1-25H. The van der Waals surface area contributed by atoms with Crippen LogP contribution in [0.2, 0.25) is 0 Å². The normalized spacial score (nSPS) is 12.1. The number of furan rings is 1. The maximum Gasteiger partial charge on any atom is 0.206 e. The second kappa shape index (κ2) is 10.4. The van der Waals surface area contributed by atoms with Crippen LogP contribution in [0.25, 0.3) is 76.9 Å². The Bertz CT molecular complexity index is 3150. The molecule has 6 nitrogen and oxygen atoms in total. The number of sulfone groups is 1. The van der Waals surface area contributed by atoms with Gasteiger partial charge in [0.05, 0.1) is 43.5 Å². The molecule has 10 rings (SSSR count). The van der Waals surface area contributed by atoms with E-state index in [-0.39, 0.29) is 9.79 Å². The molecule has 0 atom stereocenters. The summed E-state index contributed by atoms with van der Waals surface area (Å²) in [6.45, 7) is 0. The van der Waals surface area contributed by atoms with Crippen molar-refractivity contribution in [2.45, 2.75) is 9.79 Å². The van der Waals surface area contributed by atoms with Gasteiger partial charge >= 0.3 is 0 Å². The molecule has 10 aromatic rings. The van der Waals surface area contributed by atoms with Gasteiger partial charge in [-0.05, 0) is 91.0 Å².